The highest BCUT2D eigenvalue weighted by Crippen LogP contribution is 2.35. The van der Waals surface area contributed by atoms with Gasteiger partial charge < -0.3 is 14.5 Å². The van der Waals surface area contributed by atoms with E-state index in [2.05, 4.69) is 18.4 Å². The molecule has 0 heterocycles. The average molecular weight is 395 g/mol. The first-order chi connectivity index (χ1) is 12.4. The second-order valence-electron chi connectivity index (χ2n) is 7.71. The van der Waals surface area contributed by atoms with Crippen molar-refractivity contribution in [2.45, 2.75) is 104 Å². The molecule has 158 valence electrons. The number of phosphoric acid groups is 1. The van der Waals surface area contributed by atoms with Crippen molar-refractivity contribution in [3.05, 3.63) is 0 Å². The zero-order valence-electron chi connectivity index (χ0n) is 17.2. The van der Waals surface area contributed by atoms with E-state index in [1.165, 1.54) is 70.6 Å². The molecule has 26 heavy (non-hydrogen) atoms. The molecule has 0 aromatic heterocycles. The quantitative estimate of drug-likeness (QED) is 0.189. The van der Waals surface area contributed by atoms with Gasteiger partial charge in [-0.3, -0.25) is 4.52 Å². The number of ether oxygens (including phenoxy) is 1. The predicted octanol–water partition coefficient (Wildman–Crippen LogP) is 6.23. The van der Waals surface area contributed by atoms with E-state index < -0.39 is 7.82 Å². The summed E-state index contributed by atoms with van der Waals surface area (Å²) in [6.45, 7) is 6.57. The van der Waals surface area contributed by atoms with Gasteiger partial charge in [0.15, 0.2) is 0 Å². The number of phosphoric ester groups is 1. The highest BCUT2D eigenvalue weighted by atomic mass is 31.2. The molecule has 0 saturated heterocycles. The van der Waals surface area contributed by atoms with Crippen LogP contribution in [0.25, 0.3) is 0 Å². The van der Waals surface area contributed by atoms with Crippen molar-refractivity contribution in [3.8, 4) is 0 Å². The number of rotatable bonds is 20. The van der Waals surface area contributed by atoms with Crippen LogP contribution < -0.4 is 0 Å². The minimum atomic E-state index is -4.27. The standard InChI is InChI=1S/C20H43O5P/c1-20(2)16-12-11-14-18-24-17-13-9-7-5-3-4-6-8-10-15-19-25-26(21,22)23/h20H,3-19H2,1-2H3,(H2,21,22,23). The third kappa shape index (κ3) is 24.1. The predicted molar refractivity (Wildman–Crippen MR) is 108 cm³/mol. The maximum atomic E-state index is 10.5. The smallest absolute Gasteiger partial charge is 0.381 e. The number of hydrogen-bond donors (Lipinski definition) is 2. The van der Waals surface area contributed by atoms with Gasteiger partial charge in [0.05, 0.1) is 6.61 Å². The lowest BCUT2D eigenvalue weighted by Gasteiger charge is -2.06. The van der Waals surface area contributed by atoms with E-state index in [9.17, 15) is 4.57 Å². The third-order valence-corrected chi connectivity index (χ3v) is 5.03. The topological polar surface area (TPSA) is 76.0 Å². The lowest BCUT2D eigenvalue weighted by atomic mass is 10.1. The van der Waals surface area contributed by atoms with Crippen LogP contribution in [0.5, 0.6) is 0 Å². The number of hydrogen-bond acceptors (Lipinski definition) is 3. The largest absolute Gasteiger partial charge is 0.469 e. The molecule has 0 fully saturated rings. The first kappa shape index (κ1) is 26.1. The molecule has 0 aromatic rings. The summed E-state index contributed by atoms with van der Waals surface area (Å²) in [4.78, 5) is 17.1. The van der Waals surface area contributed by atoms with Crippen molar-refractivity contribution in [2.24, 2.45) is 5.92 Å². The van der Waals surface area contributed by atoms with Gasteiger partial charge in [0.2, 0.25) is 0 Å². The monoisotopic (exact) mass is 394 g/mol. The van der Waals surface area contributed by atoms with E-state index in [0.29, 0.717) is 0 Å². The van der Waals surface area contributed by atoms with Crippen molar-refractivity contribution in [1.29, 1.82) is 0 Å². The Bertz CT molecular complexity index is 330. The average Bonchev–Trinajstić information content (AvgIpc) is 2.55. The Balaban J connectivity index is 3.04. The molecule has 0 radical (unpaired) electrons. The second-order valence-corrected chi connectivity index (χ2v) is 8.95. The first-order valence-corrected chi connectivity index (χ1v) is 12.2. The Kier molecular flexibility index (Phi) is 18.5. The minimum Gasteiger partial charge on any atom is -0.381 e. The zero-order valence-corrected chi connectivity index (χ0v) is 18.1. The summed E-state index contributed by atoms with van der Waals surface area (Å²) in [5, 5.41) is 0. The molecule has 0 unspecified atom stereocenters. The van der Waals surface area contributed by atoms with Crippen LogP contribution in [0.1, 0.15) is 104 Å². The first-order valence-electron chi connectivity index (χ1n) is 10.7. The summed E-state index contributed by atoms with van der Waals surface area (Å²) in [5.74, 6) is 0.825. The molecule has 0 saturated carbocycles. The molecule has 5 nitrogen and oxygen atoms in total. The van der Waals surface area contributed by atoms with Gasteiger partial charge >= 0.3 is 7.82 Å². The molecule has 6 heteroatoms. The summed E-state index contributed by atoms with van der Waals surface area (Å²) in [6.07, 6.45) is 16.8. The Morgan fingerprint density at radius 2 is 1.04 bits per heavy atom. The van der Waals surface area contributed by atoms with Crippen LogP contribution in [0.4, 0.5) is 0 Å². The molecule has 0 spiro atoms. The Morgan fingerprint density at radius 1 is 0.654 bits per heavy atom. The van der Waals surface area contributed by atoms with E-state index in [1.54, 1.807) is 0 Å². The molecule has 0 aromatic carbocycles. The fourth-order valence-electron chi connectivity index (χ4n) is 2.94. The molecular weight excluding hydrogens is 351 g/mol. The van der Waals surface area contributed by atoms with Crippen LogP contribution in [0.3, 0.4) is 0 Å². The molecule has 0 aliphatic carbocycles. The van der Waals surface area contributed by atoms with Gasteiger partial charge in [-0.25, -0.2) is 4.57 Å². The fourth-order valence-corrected chi connectivity index (χ4v) is 3.31. The van der Waals surface area contributed by atoms with Crippen LogP contribution >= 0.6 is 7.82 Å². The normalized spacial score (nSPS) is 12.2. The van der Waals surface area contributed by atoms with Gasteiger partial charge in [-0.05, 0) is 25.2 Å². The summed E-state index contributed by atoms with van der Waals surface area (Å²) in [6, 6.07) is 0. The van der Waals surface area contributed by atoms with Gasteiger partial charge in [0.25, 0.3) is 0 Å². The molecular formula is C20H43O5P. The van der Waals surface area contributed by atoms with Crippen LogP contribution in [0, 0.1) is 5.92 Å². The molecule has 0 rings (SSSR count). The van der Waals surface area contributed by atoms with Gasteiger partial charge in [-0.1, -0.05) is 84.5 Å². The molecule has 0 atom stereocenters. The Hall–Kier alpha value is 0.0700. The van der Waals surface area contributed by atoms with Gasteiger partial charge in [0, 0.05) is 13.2 Å². The Labute approximate surface area is 161 Å². The van der Waals surface area contributed by atoms with E-state index >= 15 is 0 Å². The highest BCUT2D eigenvalue weighted by molar-refractivity contribution is 7.46. The van der Waals surface area contributed by atoms with E-state index in [4.69, 9.17) is 14.5 Å². The van der Waals surface area contributed by atoms with Crippen LogP contribution in [-0.4, -0.2) is 29.6 Å². The maximum absolute atomic E-state index is 10.5. The summed E-state index contributed by atoms with van der Waals surface area (Å²) >= 11 is 0. The van der Waals surface area contributed by atoms with Crippen molar-refractivity contribution in [3.63, 3.8) is 0 Å². The maximum Gasteiger partial charge on any atom is 0.469 e. The van der Waals surface area contributed by atoms with Crippen molar-refractivity contribution in [1.82, 2.24) is 0 Å². The van der Waals surface area contributed by atoms with Crippen LogP contribution in [0.15, 0.2) is 0 Å². The van der Waals surface area contributed by atoms with Gasteiger partial charge in [-0.2, -0.15) is 0 Å². The molecule has 0 aliphatic heterocycles. The zero-order chi connectivity index (χ0) is 19.5. The van der Waals surface area contributed by atoms with Gasteiger partial charge in [-0.15, -0.1) is 0 Å². The molecule has 2 N–H and O–H groups in total. The SMILES string of the molecule is CC(C)CCCCCOCCCCCCCCCCCCOP(=O)(O)O. The van der Waals surface area contributed by atoms with E-state index in [1.807, 2.05) is 0 Å². The highest BCUT2D eigenvalue weighted by Gasteiger charge is 2.12. The molecule has 0 bridgehead atoms. The van der Waals surface area contributed by atoms with Crippen molar-refractivity contribution >= 4 is 7.82 Å². The van der Waals surface area contributed by atoms with Gasteiger partial charge in [0.1, 0.15) is 0 Å². The summed E-state index contributed by atoms with van der Waals surface area (Å²) in [5.41, 5.74) is 0. The Morgan fingerprint density at radius 3 is 1.46 bits per heavy atom. The number of unbranched alkanes of at least 4 members (excludes halogenated alkanes) is 11. The van der Waals surface area contributed by atoms with Crippen LogP contribution in [-0.2, 0) is 13.8 Å². The molecule has 0 amide bonds. The summed E-state index contributed by atoms with van der Waals surface area (Å²) in [7, 11) is -4.27. The third-order valence-electron chi connectivity index (χ3n) is 4.51. The van der Waals surface area contributed by atoms with E-state index in [-0.39, 0.29) is 6.61 Å². The minimum absolute atomic E-state index is 0.157. The van der Waals surface area contributed by atoms with Crippen molar-refractivity contribution < 1.29 is 23.6 Å². The fraction of sp³-hybridized carbons (Fsp3) is 1.00. The summed E-state index contributed by atoms with van der Waals surface area (Å²) < 4.78 is 20.6. The van der Waals surface area contributed by atoms with E-state index in [0.717, 1.165) is 38.4 Å². The van der Waals surface area contributed by atoms with Crippen molar-refractivity contribution in [2.75, 3.05) is 19.8 Å². The lowest BCUT2D eigenvalue weighted by molar-refractivity contribution is 0.125. The lowest BCUT2D eigenvalue weighted by Crippen LogP contribution is -1.97. The molecule has 0 aliphatic rings. The second kappa shape index (κ2) is 18.4. The van der Waals surface area contributed by atoms with Crippen LogP contribution in [0.2, 0.25) is 0 Å².